The normalized spacial score (nSPS) is 16.1. The molecule has 4 nitrogen and oxygen atoms in total. The summed E-state index contributed by atoms with van der Waals surface area (Å²) in [6.07, 6.45) is 4.16. The number of pyridine rings is 1. The molecule has 1 aliphatic rings. The predicted octanol–water partition coefficient (Wildman–Crippen LogP) is 3.20. The highest BCUT2D eigenvalue weighted by Crippen LogP contribution is 2.25. The van der Waals surface area contributed by atoms with Gasteiger partial charge in [-0.15, -0.1) is 0 Å². The highest BCUT2D eigenvalue weighted by molar-refractivity contribution is 5.39. The van der Waals surface area contributed by atoms with Crippen molar-refractivity contribution >= 4 is 5.82 Å². The van der Waals surface area contributed by atoms with Crippen molar-refractivity contribution in [3.63, 3.8) is 0 Å². The highest BCUT2D eigenvalue weighted by Gasteiger charge is 2.23. The first kappa shape index (κ1) is 14.6. The van der Waals surface area contributed by atoms with E-state index in [1.54, 1.807) is 12.3 Å². The Hall–Kier alpha value is -2.38. The Morgan fingerprint density at radius 2 is 1.91 bits per heavy atom. The number of rotatable bonds is 5. The molecule has 0 aliphatic carbocycles. The fourth-order valence-electron chi connectivity index (χ4n) is 2.95. The van der Waals surface area contributed by atoms with Crippen LogP contribution in [0.4, 0.5) is 5.82 Å². The smallest absolute Gasteiger partial charge is 0.126 e. The number of aromatic nitrogens is 1. The molecule has 2 aromatic rings. The van der Waals surface area contributed by atoms with E-state index in [0.29, 0.717) is 11.6 Å². The Morgan fingerprint density at radius 3 is 2.55 bits per heavy atom. The lowest BCUT2D eigenvalue weighted by molar-refractivity contribution is 0.256. The van der Waals surface area contributed by atoms with Gasteiger partial charge in [0.05, 0.1) is 11.6 Å². The summed E-state index contributed by atoms with van der Waals surface area (Å²) in [6.45, 7) is 3.13. The first-order chi connectivity index (χ1) is 10.9. The molecule has 1 atom stereocenters. The Balaban J connectivity index is 1.71. The summed E-state index contributed by atoms with van der Waals surface area (Å²) >= 11 is 0. The van der Waals surface area contributed by atoms with Gasteiger partial charge in [-0.1, -0.05) is 30.3 Å². The lowest BCUT2D eigenvalue weighted by Crippen LogP contribution is -2.31. The number of anilines is 1. The molecule has 1 unspecified atom stereocenters. The fourth-order valence-corrected chi connectivity index (χ4v) is 2.95. The second-order valence-electron chi connectivity index (χ2n) is 5.59. The molecule has 3 rings (SSSR count). The van der Waals surface area contributed by atoms with E-state index >= 15 is 0 Å². The van der Waals surface area contributed by atoms with Crippen LogP contribution in [0.3, 0.4) is 0 Å². The van der Waals surface area contributed by atoms with E-state index in [1.165, 1.54) is 18.4 Å². The zero-order valence-corrected chi connectivity index (χ0v) is 12.6. The van der Waals surface area contributed by atoms with Crippen molar-refractivity contribution < 1.29 is 0 Å². The van der Waals surface area contributed by atoms with Gasteiger partial charge in [0.25, 0.3) is 0 Å². The molecule has 1 saturated heterocycles. The number of nitrogens with one attached hydrogen (secondary N) is 1. The minimum atomic E-state index is 0.362. The van der Waals surface area contributed by atoms with Gasteiger partial charge in [-0.2, -0.15) is 5.26 Å². The monoisotopic (exact) mass is 292 g/mol. The molecule has 2 heterocycles. The van der Waals surface area contributed by atoms with E-state index < -0.39 is 0 Å². The molecule has 0 amide bonds. The second kappa shape index (κ2) is 7.06. The largest absolute Gasteiger partial charge is 0.368 e. The Morgan fingerprint density at radius 1 is 1.14 bits per heavy atom. The third-order valence-corrected chi connectivity index (χ3v) is 4.13. The predicted molar refractivity (Wildman–Crippen MR) is 87.4 cm³/mol. The van der Waals surface area contributed by atoms with Gasteiger partial charge in [0, 0.05) is 12.7 Å². The number of nitrogens with zero attached hydrogens (tertiary/aromatic N) is 3. The van der Waals surface area contributed by atoms with Crippen LogP contribution in [0.15, 0.2) is 48.7 Å². The standard InChI is InChI=1S/C18H20N4/c19-12-15-8-9-18(20-13-15)21-14-17(22-10-4-5-11-22)16-6-2-1-3-7-16/h1-3,6-9,13,17H,4-5,10-11,14H2,(H,20,21). The van der Waals surface area contributed by atoms with E-state index in [0.717, 1.165) is 25.5 Å². The van der Waals surface area contributed by atoms with Crippen LogP contribution in [0.2, 0.25) is 0 Å². The van der Waals surface area contributed by atoms with Crippen LogP contribution in [0.5, 0.6) is 0 Å². The minimum Gasteiger partial charge on any atom is -0.368 e. The molecule has 22 heavy (non-hydrogen) atoms. The maximum Gasteiger partial charge on any atom is 0.126 e. The average molecular weight is 292 g/mol. The summed E-state index contributed by atoms with van der Waals surface area (Å²) < 4.78 is 0. The molecule has 0 radical (unpaired) electrons. The van der Waals surface area contributed by atoms with Gasteiger partial charge in [0.1, 0.15) is 11.9 Å². The molecule has 1 fully saturated rings. The van der Waals surface area contributed by atoms with Crippen molar-refractivity contribution in [2.24, 2.45) is 0 Å². The van der Waals surface area contributed by atoms with Gasteiger partial charge in [-0.3, -0.25) is 4.90 Å². The Kier molecular flexibility index (Phi) is 4.67. The number of likely N-dealkylation sites (tertiary alicyclic amines) is 1. The molecule has 112 valence electrons. The van der Waals surface area contributed by atoms with Crippen LogP contribution >= 0.6 is 0 Å². The van der Waals surface area contributed by atoms with Gasteiger partial charge < -0.3 is 5.32 Å². The zero-order valence-electron chi connectivity index (χ0n) is 12.6. The first-order valence-corrected chi connectivity index (χ1v) is 7.76. The van der Waals surface area contributed by atoms with Crippen LogP contribution in [-0.2, 0) is 0 Å². The van der Waals surface area contributed by atoms with Gasteiger partial charge in [-0.05, 0) is 43.6 Å². The minimum absolute atomic E-state index is 0.362. The molecule has 1 N–H and O–H groups in total. The number of hydrogen-bond acceptors (Lipinski definition) is 4. The average Bonchev–Trinajstić information content (AvgIpc) is 3.11. The number of nitriles is 1. The van der Waals surface area contributed by atoms with Crippen LogP contribution < -0.4 is 5.32 Å². The van der Waals surface area contributed by atoms with Crippen LogP contribution in [-0.4, -0.2) is 29.5 Å². The van der Waals surface area contributed by atoms with E-state index in [4.69, 9.17) is 5.26 Å². The summed E-state index contributed by atoms with van der Waals surface area (Å²) in [7, 11) is 0. The van der Waals surface area contributed by atoms with Gasteiger partial charge in [0.2, 0.25) is 0 Å². The zero-order chi connectivity index (χ0) is 15.2. The summed E-state index contributed by atoms with van der Waals surface area (Å²) in [4.78, 5) is 6.82. The quantitative estimate of drug-likeness (QED) is 0.919. The van der Waals surface area contributed by atoms with E-state index in [-0.39, 0.29) is 0 Å². The molecule has 0 bridgehead atoms. The molecule has 0 saturated carbocycles. The van der Waals surface area contributed by atoms with Gasteiger partial charge in [-0.25, -0.2) is 4.98 Å². The van der Waals surface area contributed by atoms with E-state index in [9.17, 15) is 0 Å². The number of hydrogen-bond donors (Lipinski definition) is 1. The number of benzene rings is 1. The van der Waals surface area contributed by atoms with E-state index in [2.05, 4.69) is 51.6 Å². The third-order valence-electron chi connectivity index (χ3n) is 4.13. The van der Waals surface area contributed by atoms with Gasteiger partial charge in [0.15, 0.2) is 0 Å². The molecule has 1 aromatic carbocycles. The second-order valence-corrected chi connectivity index (χ2v) is 5.59. The van der Waals surface area contributed by atoms with Crippen molar-refractivity contribution in [2.75, 3.05) is 25.0 Å². The Labute approximate surface area is 131 Å². The topological polar surface area (TPSA) is 52.0 Å². The third kappa shape index (κ3) is 3.44. The summed E-state index contributed by atoms with van der Waals surface area (Å²) in [5, 5.41) is 12.2. The van der Waals surface area contributed by atoms with E-state index in [1.807, 2.05) is 6.07 Å². The summed E-state index contributed by atoms with van der Waals surface area (Å²) in [5.41, 5.74) is 1.93. The van der Waals surface area contributed by atoms with Crippen LogP contribution in [0, 0.1) is 11.3 Å². The van der Waals surface area contributed by atoms with Crippen molar-refractivity contribution in [1.29, 1.82) is 5.26 Å². The Bertz CT molecular complexity index is 624. The highest BCUT2D eigenvalue weighted by atomic mass is 15.2. The van der Waals surface area contributed by atoms with Crippen LogP contribution in [0.1, 0.15) is 30.0 Å². The SMILES string of the molecule is N#Cc1ccc(NCC(c2ccccc2)N2CCCC2)nc1. The lowest BCUT2D eigenvalue weighted by atomic mass is 10.1. The summed E-state index contributed by atoms with van der Waals surface area (Å²) in [6, 6.07) is 16.7. The fraction of sp³-hybridized carbons (Fsp3) is 0.333. The maximum absolute atomic E-state index is 8.82. The van der Waals surface area contributed by atoms with Crippen molar-refractivity contribution in [3.05, 3.63) is 59.8 Å². The van der Waals surface area contributed by atoms with Crippen molar-refractivity contribution in [1.82, 2.24) is 9.88 Å². The molecular weight excluding hydrogens is 272 g/mol. The first-order valence-electron chi connectivity index (χ1n) is 7.76. The lowest BCUT2D eigenvalue weighted by Gasteiger charge is -2.28. The van der Waals surface area contributed by atoms with Gasteiger partial charge >= 0.3 is 0 Å². The molecule has 1 aliphatic heterocycles. The van der Waals surface area contributed by atoms with Crippen molar-refractivity contribution in [3.8, 4) is 6.07 Å². The molecule has 1 aromatic heterocycles. The summed E-state index contributed by atoms with van der Waals surface area (Å²) in [5.74, 6) is 0.819. The molecule has 4 heteroatoms. The van der Waals surface area contributed by atoms with Crippen LogP contribution in [0.25, 0.3) is 0 Å². The maximum atomic E-state index is 8.82. The molecule has 0 spiro atoms. The molecular formula is C18H20N4. The van der Waals surface area contributed by atoms with Crippen molar-refractivity contribution in [2.45, 2.75) is 18.9 Å².